The Kier molecular flexibility index (Phi) is 3.38. The number of rotatable bonds is 3. The van der Waals surface area contributed by atoms with Crippen LogP contribution in [0.1, 0.15) is 19.3 Å². The molecule has 0 spiro atoms. The fourth-order valence-electron chi connectivity index (χ4n) is 2.77. The summed E-state index contributed by atoms with van der Waals surface area (Å²) in [7, 11) is 0. The highest BCUT2D eigenvalue weighted by Crippen LogP contribution is 2.19. The SMILES string of the molecule is Nc1nc2ccc(F)cc2n1CCN1CCCCC1. The predicted molar refractivity (Wildman–Crippen MR) is 74.4 cm³/mol. The molecule has 4 nitrogen and oxygen atoms in total. The van der Waals surface area contributed by atoms with Crippen LogP contribution in [0.2, 0.25) is 0 Å². The van der Waals surface area contributed by atoms with Crippen LogP contribution >= 0.6 is 0 Å². The van der Waals surface area contributed by atoms with E-state index in [4.69, 9.17) is 5.73 Å². The number of halogens is 1. The summed E-state index contributed by atoms with van der Waals surface area (Å²) in [5, 5.41) is 0. The first-order chi connectivity index (χ1) is 9.24. The van der Waals surface area contributed by atoms with Gasteiger partial charge in [0, 0.05) is 13.1 Å². The Balaban J connectivity index is 1.79. The second kappa shape index (κ2) is 5.17. The first-order valence-electron chi connectivity index (χ1n) is 6.88. The molecule has 2 aromatic rings. The monoisotopic (exact) mass is 262 g/mol. The molecule has 0 unspecified atom stereocenters. The number of imidazole rings is 1. The summed E-state index contributed by atoms with van der Waals surface area (Å²) < 4.78 is 15.2. The molecular formula is C14H19FN4. The van der Waals surface area contributed by atoms with Gasteiger partial charge in [-0.05, 0) is 44.1 Å². The standard InChI is InChI=1S/C14H19FN4/c15-11-4-5-12-13(10-11)19(14(16)17-12)9-8-18-6-2-1-3-7-18/h4-5,10H,1-3,6-9H2,(H2,16,17). The molecule has 1 saturated heterocycles. The van der Waals surface area contributed by atoms with E-state index in [1.54, 1.807) is 6.07 Å². The van der Waals surface area contributed by atoms with E-state index in [0.29, 0.717) is 5.95 Å². The van der Waals surface area contributed by atoms with Crippen molar-refractivity contribution in [3.8, 4) is 0 Å². The molecule has 0 aliphatic carbocycles. The maximum Gasteiger partial charge on any atom is 0.201 e. The fourth-order valence-corrected chi connectivity index (χ4v) is 2.77. The Hall–Kier alpha value is -1.62. The molecule has 19 heavy (non-hydrogen) atoms. The van der Waals surface area contributed by atoms with Crippen molar-refractivity contribution < 1.29 is 4.39 Å². The third-order valence-electron chi connectivity index (χ3n) is 3.83. The molecule has 0 radical (unpaired) electrons. The van der Waals surface area contributed by atoms with E-state index in [-0.39, 0.29) is 5.82 Å². The average Bonchev–Trinajstić information content (AvgIpc) is 2.73. The van der Waals surface area contributed by atoms with Gasteiger partial charge in [-0.2, -0.15) is 0 Å². The average molecular weight is 262 g/mol. The molecule has 102 valence electrons. The smallest absolute Gasteiger partial charge is 0.201 e. The van der Waals surface area contributed by atoms with E-state index in [1.165, 1.54) is 31.4 Å². The molecule has 0 saturated carbocycles. The molecule has 0 atom stereocenters. The van der Waals surface area contributed by atoms with Crippen LogP contribution in [0.4, 0.5) is 10.3 Å². The third-order valence-corrected chi connectivity index (χ3v) is 3.83. The normalized spacial score (nSPS) is 17.1. The molecule has 2 heterocycles. The van der Waals surface area contributed by atoms with Crippen LogP contribution in [0.5, 0.6) is 0 Å². The van der Waals surface area contributed by atoms with Gasteiger partial charge in [0.05, 0.1) is 11.0 Å². The van der Waals surface area contributed by atoms with Crippen LogP contribution in [0.15, 0.2) is 18.2 Å². The van der Waals surface area contributed by atoms with Gasteiger partial charge in [-0.25, -0.2) is 9.37 Å². The fraction of sp³-hybridized carbons (Fsp3) is 0.500. The zero-order valence-electron chi connectivity index (χ0n) is 11.0. The van der Waals surface area contributed by atoms with E-state index < -0.39 is 0 Å². The van der Waals surface area contributed by atoms with Crippen LogP contribution in [0.3, 0.4) is 0 Å². The minimum Gasteiger partial charge on any atom is -0.369 e. The second-order valence-corrected chi connectivity index (χ2v) is 5.16. The number of aromatic nitrogens is 2. The summed E-state index contributed by atoms with van der Waals surface area (Å²) in [4.78, 5) is 6.71. The summed E-state index contributed by atoms with van der Waals surface area (Å²) >= 11 is 0. The maximum atomic E-state index is 13.3. The van der Waals surface area contributed by atoms with Crippen LogP contribution < -0.4 is 5.73 Å². The second-order valence-electron chi connectivity index (χ2n) is 5.16. The van der Waals surface area contributed by atoms with Crippen molar-refractivity contribution in [2.24, 2.45) is 0 Å². The van der Waals surface area contributed by atoms with Crippen molar-refractivity contribution in [2.45, 2.75) is 25.8 Å². The largest absolute Gasteiger partial charge is 0.369 e. The Morgan fingerprint density at radius 1 is 1.16 bits per heavy atom. The molecular weight excluding hydrogens is 243 g/mol. The molecule has 2 N–H and O–H groups in total. The van der Waals surface area contributed by atoms with E-state index in [2.05, 4.69) is 9.88 Å². The number of nitrogens with zero attached hydrogens (tertiary/aromatic N) is 3. The zero-order valence-corrected chi connectivity index (χ0v) is 11.0. The number of piperidine rings is 1. The first kappa shape index (κ1) is 12.4. The molecule has 0 bridgehead atoms. The van der Waals surface area contributed by atoms with Crippen molar-refractivity contribution in [1.82, 2.24) is 14.5 Å². The molecule has 1 fully saturated rings. The lowest BCUT2D eigenvalue weighted by molar-refractivity contribution is 0.222. The Labute approximate surface area is 112 Å². The van der Waals surface area contributed by atoms with Gasteiger partial charge >= 0.3 is 0 Å². The van der Waals surface area contributed by atoms with Gasteiger partial charge in [-0.15, -0.1) is 0 Å². The number of fused-ring (bicyclic) bond motifs is 1. The van der Waals surface area contributed by atoms with Crippen LogP contribution in [0.25, 0.3) is 11.0 Å². The lowest BCUT2D eigenvalue weighted by Gasteiger charge is -2.26. The van der Waals surface area contributed by atoms with Crippen LogP contribution in [-0.4, -0.2) is 34.1 Å². The van der Waals surface area contributed by atoms with E-state index in [1.807, 2.05) is 4.57 Å². The van der Waals surface area contributed by atoms with Crippen molar-refractivity contribution in [3.63, 3.8) is 0 Å². The lowest BCUT2D eigenvalue weighted by Crippen LogP contribution is -2.32. The van der Waals surface area contributed by atoms with E-state index in [0.717, 1.165) is 37.2 Å². The van der Waals surface area contributed by atoms with Gasteiger partial charge in [0.2, 0.25) is 5.95 Å². The van der Waals surface area contributed by atoms with E-state index in [9.17, 15) is 4.39 Å². The van der Waals surface area contributed by atoms with Crippen molar-refractivity contribution in [3.05, 3.63) is 24.0 Å². The molecule has 3 rings (SSSR count). The molecule has 5 heteroatoms. The predicted octanol–water partition coefficient (Wildman–Crippen LogP) is 2.24. The summed E-state index contributed by atoms with van der Waals surface area (Å²) in [6.07, 6.45) is 3.88. The third kappa shape index (κ3) is 2.56. The highest BCUT2D eigenvalue weighted by atomic mass is 19.1. The summed E-state index contributed by atoms with van der Waals surface area (Å²) in [5.41, 5.74) is 7.48. The van der Waals surface area contributed by atoms with Crippen molar-refractivity contribution >= 4 is 17.0 Å². The minimum atomic E-state index is -0.244. The highest BCUT2D eigenvalue weighted by molar-refractivity contribution is 5.78. The number of hydrogen-bond acceptors (Lipinski definition) is 3. The van der Waals surface area contributed by atoms with Crippen molar-refractivity contribution in [1.29, 1.82) is 0 Å². The number of hydrogen-bond donors (Lipinski definition) is 1. The highest BCUT2D eigenvalue weighted by Gasteiger charge is 2.13. The molecule has 1 aliphatic rings. The number of benzene rings is 1. The molecule has 1 aromatic carbocycles. The van der Waals surface area contributed by atoms with Crippen LogP contribution in [-0.2, 0) is 6.54 Å². The van der Waals surface area contributed by atoms with E-state index >= 15 is 0 Å². The molecule has 0 amide bonds. The lowest BCUT2D eigenvalue weighted by atomic mass is 10.1. The number of anilines is 1. The number of nitrogen functional groups attached to an aromatic ring is 1. The topological polar surface area (TPSA) is 47.1 Å². The van der Waals surface area contributed by atoms with Gasteiger partial charge in [0.25, 0.3) is 0 Å². The maximum absolute atomic E-state index is 13.3. The van der Waals surface area contributed by atoms with Gasteiger partial charge in [0.1, 0.15) is 5.82 Å². The minimum absolute atomic E-state index is 0.244. The number of nitrogens with two attached hydrogens (primary N) is 1. The summed E-state index contributed by atoms with van der Waals surface area (Å²) in [5.74, 6) is 0.226. The number of likely N-dealkylation sites (tertiary alicyclic amines) is 1. The van der Waals surface area contributed by atoms with Crippen LogP contribution in [0, 0.1) is 5.82 Å². The Morgan fingerprint density at radius 2 is 1.95 bits per heavy atom. The van der Waals surface area contributed by atoms with Gasteiger partial charge in [0.15, 0.2) is 0 Å². The molecule has 1 aliphatic heterocycles. The van der Waals surface area contributed by atoms with Gasteiger partial charge in [-0.3, -0.25) is 0 Å². The quantitative estimate of drug-likeness (QED) is 0.922. The first-order valence-corrected chi connectivity index (χ1v) is 6.88. The van der Waals surface area contributed by atoms with Gasteiger partial charge in [-0.1, -0.05) is 6.42 Å². The zero-order chi connectivity index (χ0) is 13.2. The Morgan fingerprint density at radius 3 is 2.74 bits per heavy atom. The molecule has 1 aromatic heterocycles. The Bertz CT molecular complexity index is 572. The van der Waals surface area contributed by atoms with Gasteiger partial charge < -0.3 is 15.2 Å². The van der Waals surface area contributed by atoms with Crippen molar-refractivity contribution in [2.75, 3.05) is 25.4 Å². The summed E-state index contributed by atoms with van der Waals surface area (Å²) in [6.45, 7) is 4.03. The summed E-state index contributed by atoms with van der Waals surface area (Å²) in [6, 6.07) is 4.61.